The molecule has 5 heteroatoms. The summed E-state index contributed by atoms with van der Waals surface area (Å²) in [4.78, 5) is 24.4. The van der Waals surface area contributed by atoms with Crippen molar-refractivity contribution in [2.45, 2.75) is 12.8 Å². The number of hydrogen-bond donors (Lipinski definition) is 1. The minimum absolute atomic E-state index is 0.384. The van der Waals surface area contributed by atoms with Crippen molar-refractivity contribution < 1.29 is 4.79 Å². The Morgan fingerprint density at radius 2 is 1.93 bits per heavy atom. The molecule has 5 nitrogen and oxygen atoms in total. The Bertz CT molecular complexity index is 433. The number of nitrogens with two attached hydrogens (primary N) is 1. The van der Waals surface area contributed by atoms with Gasteiger partial charge in [-0.25, -0.2) is 9.36 Å². The average Bonchev–Trinajstić information content (AvgIpc) is 2.71. The molecular formula is C10H13N3O2. The molecule has 1 aromatic heterocycles. The molecule has 0 aliphatic carbocycles. The fourth-order valence-corrected chi connectivity index (χ4v) is 1.81. The molecule has 2 heterocycles. The van der Waals surface area contributed by atoms with Crippen LogP contribution in [0.3, 0.4) is 0 Å². The lowest BCUT2D eigenvalue weighted by Crippen LogP contribution is -2.32. The smallest absolute Gasteiger partial charge is 0.325 e. The first-order valence-corrected chi connectivity index (χ1v) is 4.96. The molecule has 2 N–H and O–H groups in total. The average molecular weight is 207 g/mol. The summed E-state index contributed by atoms with van der Waals surface area (Å²) in [5.41, 5.74) is 5.58. The maximum absolute atomic E-state index is 11.3. The van der Waals surface area contributed by atoms with Gasteiger partial charge in [0.2, 0.25) is 0 Å². The number of carbonyl (C=O) groups excluding carboxylic acids is 1. The Morgan fingerprint density at radius 1 is 1.27 bits per heavy atom. The monoisotopic (exact) mass is 207 g/mol. The molecule has 2 rings (SSSR count). The van der Waals surface area contributed by atoms with Crippen LogP contribution in [-0.4, -0.2) is 23.7 Å². The third-order valence-corrected chi connectivity index (χ3v) is 2.60. The van der Waals surface area contributed by atoms with E-state index in [2.05, 4.69) is 4.90 Å². The highest BCUT2D eigenvalue weighted by molar-refractivity contribution is 5.75. The first-order valence-electron chi connectivity index (χ1n) is 4.96. The van der Waals surface area contributed by atoms with E-state index in [1.54, 1.807) is 6.07 Å². The standard InChI is InChI=1S/C10H13N3O2/c11-10(15)13-7-8(3-4-9(13)14)12-5-1-2-6-12/h3-4,7H,1-2,5-6H2,(H2,11,15). The van der Waals surface area contributed by atoms with Gasteiger partial charge >= 0.3 is 6.03 Å². The Morgan fingerprint density at radius 3 is 2.53 bits per heavy atom. The van der Waals surface area contributed by atoms with Crippen molar-refractivity contribution in [2.24, 2.45) is 5.73 Å². The number of anilines is 1. The number of rotatable bonds is 1. The topological polar surface area (TPSA) is 68.3 Å². The third-order valence-electron chi connectivity index (χ3n) is 2.60. The minimum atomic E-state index is -0.735. The van der Waals surface area contributed by atoms with Gasteiger partial charge in [0.15, 0.2) is 0 Å². The van der Waals surface area contributed by atoms with Crippen LogP contribution in [0.15, 0.2) is 23.1 Å². The van der Waals surface area contributed by atoms with Gasteiger partial charge in [-0.2, -0.15) is 0 Å². The summed E-state index contributed by atoms with van der Waals surface area (Å²) in [5, 5.41) is 0. The Kier molecular flexibility index (Phi) is 2.45. The quantitative estimate of drug-likeness (QED) is 0.723. The maximum Gasteiger partial charge on any atom is 0.325 e. The van der Waals surface area contributed by atoms with Crippen molar-refractivity contribution in [3.8, 4) is 0 Å². The highest BCUT2D eigenvalue weighted by atomic mass is 16.2. The predicted octanol–water partition coefficient (Wildman–Crippen LogP) is 0.375. The second-order valence-electron chi connectivity index (χ2n) is 3.63. The molecule has 0 atom stereocenters. The van der Waals surface area contributed by atoms with Crippen LogP contribution in [0.5, 0.6) is 0 Å². The fraction of sp³-hybridized carbons (Fsp3) is 0.400. The fourth-order valence-electron chi connectivity index (χ4n) is 1.81. The molecule has 0 radical (unpaired) electrons. The van der Waals surface area contributed by atoms with E-state index in [1.807, 2.05) is 0 Å². The van der Waals surface area contributed by atoms with Crippen LogP contribution in [0.25, 0.3) is 0 Å². The maximum atomic E-state index is 11.3. The summed E-state index contributed by atoms with van der Waals surface area (Å²) >= 11 is 0. The molecule has 1 saturated heterocycles. The zero-order chi connectivity index (χ0) is 10.8. The molecule has 80 valence electrons. The highest BCUT2D eigenvalue weighted by Crippen LogP contribution is 2.17. The molecule has 15 heavy (non-hydrogen) atoms. The number of hydrogen-bond acceptors (Lipinski definition) is 3. The van der Waals surface area contributed by atoms with Crippen molar-refractivity contribution in [3.63, 3.8) is 0 Å². The number of carbonyl (C=O) groups is 1. The molecule has 1 amide bonds. The van der Waals surface area contributed by atoms with E-state index in [4.69, 9.17) is 5.73 Å². The molecule has 0 unspecified atom stereocenters. The Balaban J connectivity index is 2.37. The van der Waals surface area contributed by atoms with Crippen LogP contribution in [0.4, 0.5) is 10.5 Å². The van der Waals surface area contributed by atoms with Gasteiger partial charge in [0.05, 0.1) is 5.69 Å². The van der Waals surface area contributed by atoms with Crippen molar-refractivity contribution >= 4 is 11.7 Å². The summed E-state index contributed by atoms with van der Waals surface area (Å²) in [6.07, 6.45) is 3.81. The molecule has 0 bridgehead atoms. The summed E-state index contributed by atoms with van der Waals surface area (Å²) in [5.74, 6) is 0. The first-order chi connectivity index (χ1) is 7.18. The van der Waals surface area contributed by atoms with E-state index in [0.29, 0.717) is 0 Å². The zero-order valence-electron chi connectivity index (χ0n) is 8.35. The van der Waals surface area contributed by atoms with E-state index in [9.17, 15) is 9.59 Å². The summed E-state index contributed by atoms with van der Waals surface area (Å²) < 4.78 is 0.938. The molecular weight excluding hydrogens is 194 g/mol. The van der Waals surface area contributed by atoms with Gasteiger partial charge in [-0.3, -0.25) is 4.79 Å². The van der Waals surface area contributed by atoms with Crippen LogP contribution in [0.1, 0.15) is 12.8 Å². The Labute approximate surface area is 87.1 Å². The molecule has 1 aromatic rings. The van der Waals surface area contributed by atoms with Gasteiger partial charge in [0.25, 0.3) is 5.56 Å². The van der Waals surface area contributed by atoms with Crippen molar-refractivity contribution in [1.82, 2.24) is 4.57 Å². The van der Waals surface area contributed by atoms with Crippen molar-refractivity contribution in [1.29, 1.82) is 0 Å². The lowest BCUT2D eigenvalue weighted by Gasteiger charge is -2.17. The lowest BCUT2D eigenvalue weighted by atomic mass is 10.3. The van der Waals surface area contributed by atoms with Gasteiger partial charge in [-0.15, -0.1) is 0 Å². The zero-order valence-corrected chi connectivity index (χ0v) is 8.35. The normalized spacial score (nSPS) is 15.6. The van der Waals surface area contributed by atoms with Crippen LogP contribution < -0.4 is 16.2 Å². The van der Waals surface area contributed by atoms with Crippen LogP contribution in [-0.2, 0) is 0 Å². The summed E-state index contributed by atoms with van der Waals surface area (Å²) in [7, 11) is 0. The SMILES string of the molecule is NC(=O)n1cc(N2CCCC2)ccc1=O. The van der Waals surface area contributed by atoms with Gasteiger partial charge in [-0.05, 0) is 18.9 Å². The molecule has 1 aliphatic rings. The highest BCUT2D eigenvalue weighted by Gasteiger charge is 2.13. The number of nitrogens with zero attached hydrogens (tertiary/aromatic N) is 2. The Hall–Kier alpha value is -1.78. The number of primary amides is 1. The number of pyridine rings is 1. The van der Waals surface area contributed by atoms with Gasteiger partial charge in [0, 0.05) is 25.4 Å². The van der Waals surface area contributed by atoms with Crippen LogP contribution in [0.2, 0.25) is 0 Å². The van der Waals surface area contributed by atoms with Gasteiger partial charge < -0.3 is 10.6 Å². The number of amides is 1. The molecule has 1 aliphatic heterocycles. The number of aromatic nitrogens is 1. The van der Waals surface area contributed by atoms with Gasteiger partial charge in [-0.1, -0.05) is 0 Å². The summed E-state index contributed by atoms with van der Waals surface area (Å²) in [6.45, 7) is 1.94. The molecule has 1 fully saturated rings. The second kappa shape index (κ2) is 3.76. The van der Waals surface area contributed by atoms with E-state index in [-0.39, 0.29) is 5.56 Å². The molecule has 0 spiro atoms. The predicted molar refractivity (Wildman–Crippen MR) is 57.1 cm³/mol. The van der Waals surface area contributed by atoms with Crippen LogP contribution in [0, 0.1) is 0 Å². The van der Waals surface area contributed by atoms with E-state index in [0.717, 1.165) is 36.2 Å². The van der Waals surface area contributed by atoms with E-state index >= 15 is 0 Å². The van der Waals surface area contributed by atoms with Crippen LogP contribution >= 0.6 is 0 Å². The largest absolute Gasteiger partial charge is 0.370 e. The first kappa shape index (κ1) is 9.76. The van der Waals surface area contributed by atoms with Crippen molar-refractivity contribution in [3.05, 3.63) is 28.7 Å². The third kappa shape index (κ3) is 1.86. The summed E-state index contributed by atoms with van der Waals surface area (Å²) in [6, 6.07) is 2.37. The van der Waals surface area contributed by atoms with Crippen molar-refractivity contribution in [2.75, 3.05) is 18.0 Å². The molecule has 0 saturated carbocycles. The van der Waals surface area contributed by atoms with E-state index < -0.39 is 6.03 Å². The molecule has 0 aromatic carbocycles. The minimum Gasteiger partial charge on any atom is -0.370 e. The van der Waals surface area contributed by atoms with E-state index in [1.165, 1.54) is 12.3 Å². The lowest BCUT2D eigenvalue weighted by molar-refractivity contribution is 0.249. The second-order valence-corrected chi connectivity index (χ2v) is 3.63. The van der Waals surface area contributed by atoms with Gasteiger partial charge in [0.1, 0.15) is 0 Å².